The van der Waals surface area contributed by atoms with Crippen LogP contribution >= 0.6 is 0 Å². The minimum Gasteiger partial charge on any atom is -0.495 e. The molecular formula is C18H14N6O2. The number of fused-ring (bicyclic) bond motifs is 1. The SMILES string of the molecule is COc1ccc(-c2cn3cccnc3n2)cc1NC(=O)c1cnccn1. The number of rotatable bonds is 4. The summed E-state index contributed by atoms with van der Waals surface area (Å²) in [5, 5.41) is 2.81. The van der Waals surface area contributed by atoms with Gasteiger partial charge < -0.3 is 10.1 Å². The van der Waals surface area contributed by atoms with Gasteiger partial charge in [-0.3, -0.25) is 14.2 Å². The Balaban J connectivity index is 1.70. The van der Waals surface area contributed by atoms with Crippen molar-refractivity contribution in [3.8, 4) is 17.0 Å². The number of amides is 1. The van der Waals surface area contributed by atoms with E-state index in [9.17, 15) is 4.79 Å². The van der Waals surface area contributed by atoms with E-state index in [0.29, 0.717) is 17.2 Å². The van der Waals surface area contributed by atoms with E-state index in [1.165, 1.54) is 18.6 Å². The molecule has 0 saturated carbocycles. The van der Waals surface area contributed by atoms with Crippen LogP contribution in [0, 0.1) is 0 Å². The third-order valence-corrected chi connectivity index (χ3v) is 3.77. The third-order valence-electron chi connectivity index (χ3n) is 3.77. The molecule has 26 heavy (non-hydrogen) atoms. The molecule has 128 valence electrons. The summed E-state index contributed by atoms with van der Waals surface area (Å²) in [4.78, 5) is 29.0. The second kappa shape index (κ2) is 6.60. The maximum absolute atomic E-state index is 12.4. The van der Waals surface area contributed by atoms with Crippen LogP contribution in [0.5, 0.6) is 5.75 Å². The quantitative estimate of drug-likeness (QED) is 0.610. The standard InChI is InChI=1S/C18H14N6O2/c1-26-16-4-3-12(15-11-24-8-2-5-21-18(24)23-15)9-13(16)22-17(25)14-10-19-6-7-20-14/h2-11H,1H3,(H,22,25). The first-order valence-electron chi connectivity index (χ1n) is 7.80. The van der Waals surface area contributed by atoms with Gasteiger partial charge in [0.1, 0.15) is 11.4 Å². The predicted octanol–water partition coefficient (Wildman–Crippen LogP) is 2.45. The molecule has 4 aromatic rings. The molecule has 0 spiro atoms. The number of nitrogens with zero attached hydrogens (tertiary/aromatic N) is 5. The monoisotopic (exact) mass is 346 g/mol. The van der Waals surface area contributed by atoms with Crippen LogP contribution in [-0.2, 0) is 0 Å². The molecule has 8 nitrogen and oxygen atoms in total. The molecule has 0 bridgehead atoms. The zero-order valence-electron chi connectivity index (χ0n) is 13.8. The lowest BCUT2D eigenvalue weighted by Gasteiger charge is -2.11. The Morgan fingerprint density at radius 1 is 1.19 bits per heavy atom. The molecule has 8 heteroatoms. The van der Waals surface area contributed by atoms with Crippen molar-refractivity contribution < 1.29 is 9.53 Å². The van der Waals surface area contributed by atoms with Crippen molar-refractivity contribution in [1.29, 1.82) is 0 Å². The Labute approximate surface area is 148 Å². The van der Waals surface area contributed by atoms with Crippen LogP contribution < -0.4 is 10.1 Å². The van der Waals surface area contributed by atoms with Gasteiger partial charge >= 0.3 is 0 Å². The lowest BCUT2D eigenvalue weighted by atomic mass is 10.1. The molecule has 3 aromatic heterocycles. The van der Waals surface area contributed by atoms with Crippen molar-refractivity contribution in [2.24, 2.45) is 0 Å². The highest BCUT2D eigenvalue weighted by Crippen LogP contribution is 2.30. The lowest BCUT2D eigenvalue weighted by molar-refractivity contribution is 0.102. The van der Waals surface area contributed by atoms with Crippen molar-refractivity contribution in [2.45, 2.75) is 0 Å². The van der Waals surface area contributed by atoms with E-state index in [1.54, 1.807) is 25.4 Å². The molecule has 1 amide bonds. The van der Waals surface area contributed by atoms with Crippen LogP contribution in [0.25, 0.3) is 17.0 Å². The second-order valence-corrected chi connectivity index (χ2v) is 5.41. The molecule has 0 aliphatic heterocycles. The van der Waals surface area contributed by atoms with Crippen LogP contribution in [0.15, 0.2) is 61.4 Å². The van der Waals surface area contributed by atoms with Gasteiger partial charge in [-0.15, -0.1) is 0 Å². The molecule has 3 heterocycles. The Morgan fingerprint density at radius 2 is 2.12 bits per heavy atom. The Hall–Kier alpha value is -3.81. The van der Waals surface area contributed by atoms with E-state index >= 15 is 0 Å². The van der Waals surface area contributed by atoms with E-state index in [0.717, 1.165) is 11.3 Å². The summed E-state index contributed by atoms with van der Waals surface area (Å²) >= 11 is 0. The molecule has 1 N–H and O–H groups in total. The highest BCUT2D eigenvalue weighted by atomic mass is 16.5. The van der Waals surface area contributed by atoms with E-state index in [2.05, 4.69) is 25.3 Å². The average molecular weight is 346 g/mol. The molecule has 0 aliphatic carbocycles. The number of hydrogen-bond acceptors (Lipinski definition) is 6. The van der Waals surface area contributed by atoms with Gasteiger partial charge in [0.05, 0.1) is 24.7 Å². The Bertz CT molecular complexity index is 1040. The molecule has 0 radical (unpaired) electrons. The van der Waals surface area contributed by atoms with Crippen molar-refractivity contribution in [3.63, 3.8) is 0 Å². The fourth-order valence-corrected chi connectivity index (χ4v) is 2.54. The number of benzene rings is 1. The van der Waals surface area contributed by atoms with E-state index in [1.807, 2.05) is 28.9 Å². The summed E-state index contributed by atoms with van der Waals surface area (Å²) in [5.74, 6) is 0.765. The zero-order chi connectivity index (χ0) is 17.9. The minimum atomic E-state index is -0.370. The van der Waals surface area contributed by atoms with Gasteiger partial charge in [0.2, 0.25) is 5.78 Å². The summed E-state index contributed by atoms with van der Waals surface area (Å²) in [6, 6.07) is 7.28. The normalized spacial score (nSPS) is 10.7. The van der Waals surface area contributed by atoms with E-state index in [-0.39, 0.29) is 11.6 Å². The van der Waals surface area contributed by atoms with Crippen molar-refractivity contribution in [1.82, 2.24) is 24.3 Å². The second-order valence-electron chi connectivity index (χ2n) is 5.41. The highest BCUT2D eigenvalue weighted by molar-refractivity contribution is 6.03. The first-order chi connectivity index (χ1) is 12.7. The van der Waals surface area contributed by atoms with Gasteiger partial charge in [-0.1, -0.05) is 0 Å². The molecule has 0 aliphatic rings. The largest absolute Gasteiger partial charge is 0.495 e. The number of hydrogen-bond donors (Lipinski definition) is 1. The molecule has 0 unspecified atom stereocenters. The summed E-state index contributed by atoms with van der Waals surface area (Å²) in [5.41, 5.74) is 2.30. The molecule has 0 atom stereocenters. The number of methoxy groups -OCH3 is 1. The highest BCUT2D eigenvalue weighted by Gasteiger charge is 2.13. The molecular weight excluding hydrogens is 332 g/mol. The molecule has 1 aromatic carbocycles. The van der Waals surface area contributed by atoms with Gasteiger partial charge in [-0.2, -0.15) is 0 Å². The van der Waals surface area contributed by atoms with Gasteiger partial charge in [-0.05, 0) is 24.3 Å². The van der Waals surface area contributed by atoms with Crippen molar-refractivity contribution in [3.05, 3.63) is 67.1 Å². The summed E-state index contributed by atoms with van der Waals surface area (Å²) in [7, 11) is 1.54. The van der Waals surface area contributed by atoms with Crippen LogP contribution in [0.4, 0.5) is 5.69 Å². The van der Waals surface area contributed by atoms with Gasteiger partial charge in [0, 0.05) is 36.5 Å². The fraction of sp³-hybridized carbons (Fsp3) is 0.0556. The Kier molecular flexibility index (Phi) is 3.98. The first-order valence-corrected chi connectivity index (χ1v) is 7.80. The average Bonchev–Trinajstić information content (AvgIpc) is 3.13. The van der Waals surface area contributed by atoms with Crippen LogP contribution in [-0.4, -0.2) is 37.4 Å². The van der Waals surface area contributed by atoms with Gasteiger partial charge in [-0.25, -0.2) is 15.0 Å². The number of anilines is 1. The van der Waals surface area contributed by atoms with Gasteiger partial charge in [0.25, 0.3) is 5.91 Å². The van der Waals surface area contributed by atoms with Gasteiger partial charge in [0.15, 0.2) is 0 Å². The Morgan fingerprint density at radius 3 is 2.88 bits per heavy atom. The molecule has 0 fully saturated rings. The van der Waals surface area contributed by atoms with E-state index < -0.39 is 0 Å². The van der Waals surface area contributed by atoms with Crippen LogP contribution in [0.2, 0.25) is 0 Å². The number of carbonyl (C=O) groups excluding carboxylic acids is 1. The number of ether oxygens (including phenoxy) is 1. The fourth-order valence-electron chi connectivity index (χ4n) is 2.54. The predicted molar refractivity (Wildman–Crippen MR) is 95.0 cm³/mol. The number of carbonyl (C=O) groups is 1. The number of imidazole rings is 1. The summed E-state index contributed by atoms with van der Waals surface area (Å²) in [6.07, 6.45) is 9.81. The van der Waals surface area contributed by atoms with Crippen LogP contribution in [0.1, 0.15) is 10.5 Å². The topological polar surface area (TPSA) is 94.3 Å². The van der Waals surface area contributed by atoms with E-state index in [4.69, 9.17) is 4.74 Å². The minimum absolute atomic E-state index is 0.219. The molecule has 4 rings (SSSR count). The lowest BCUT2D eigenvalue weighted by Crippen LogP contribution is -2.14. The number of aromatic nitrogens is 5. The van der Waals surface area contributed by atoms with Crippen molar-refractivity contribution in [2.75, 3.05) is 12.4 Å². The van der Waals surface area contributed by atoms with Crippen molar-refractivity contribution >= 4 is 17.4 Å². The first kappa shape index (κ1) is 15.7. The zero-order valence-corrected chi connectivity index (χ0v) is 13.8. The summed E-state index contributed by atoms with van der Waals surface area (Å²) < 4.78 is 7.17. The maximum atomic E-state index is 12.4. The number of nitrogens with one attached hydrogen (secondary N) is 1. The molecule has 0 saturated heterocycles. The smallest absolute Gasteiger partial charge is 0.275 e. The third kappa shape index (κ3) is 2.95. The van der Waals surface area contributed by atoms with Crippen LogP contribution in [0.3, 0.4) is 0 Å². The maximum Gasteiger partial charge on any atom is 0.275 e. The summed E-state index contributed by atoms with van der Waals surface area (Å²) in [6.45, 7) is 0.